The summed E-state index contributed by atoms with van der Waals surface area (Å²) in [6, 6.07) is 17.3. The number of fused-ring (bicyclic) bond motifs is 2. The lowest BCUT2D eigenvalue weighted by Crippen LogP contribution is -2.47. The van der Waals surface area contributed by atoms with Crippen molar-refractivity contribution in [2.45, 2.75) is 57.2 Å². The summed E-state index contributed by atoms with van der Waals surface area (Å²) in [7, 11) is 2.16. The van der Waals surface area contributed by atoms with Crippen molar-refractivity contribution in [3.8, 4) is 0 Å². The maximum Gasteiger partial charge on any atom is 0.407 e. The van der Waals surface area contributed by atoms with E-state index in [0.717, 1.165) is 25.7 Å². The minimum absolute atomic E-state index is 0.0576. The van der Waals surface area contributed by atoms with Crippen molar-refractivity contribution in [2.24, 2.45) is 0 Å². The SMILES string of the molecule is Cc1ccccc1CCNC(=O)O[C@@H]1CCC2CCC1N2C.Fc1ccccc1. The highest BCUT2D eigenvalue weighted by Crippen LogP contribution is 2.35. The van der Waals surface area contributed by atoms with Crippen LogP contribution in [0.1, 0.15) is 36.8 Å². The lowest BCUT2D eigenvalue weighted by molar-refractivity contribution is 0.0106. The first-order valence-electron chi connectivity index (χ1n) is 10.5. The standard InChI is InChI=1S/C18H26N2O2.C6H5F/c1-13-5-3-4-6-14(13)11-12-19-18(21)22-17-10-8-15-7-9-16(17)20(15)2;7-6-4-2-1-3-5-6/h3-6,15-17H,7-12H2,1-2H3,(H,19,21);1-5H/t15?,16?,17-;/m1./s1. The number of alkyl carbamates (subject to hydrolysis) is 1. The summed E-state index contributed by atoms with van der Waals surface area (Å²) < 4.78 is 17.6. The van der Waals surface area contributed by atoms with Crippen LogP contribution in [0.5, 0.6) is 0 Å². The summed E-state index contributed by atoms with van der Waals surface area (Å²) in [5.41, 5.74) is 2.54. The van der Waals surface area contributed by atoms with Gasteiger partial charge in [-0.25, -0.2) is 9.18 Å². The maximum absolute atomic E-state index is 12.0. The van der Waals surface area contributed by atoms with Gasteiger partial charge in [-0.1, -0.05) is 42.5 Å². The second kappa shape index (κ2) is 10.4. The van der Waals surface area contributed by atoms with Gasteiger partial charge in [-0.15, -0.1) is 0 Å². The lowest BCUT2D eigenvalue weighted by atomic mass is 10.0. The number of amides is 1. The minimum atomic E-state index is -0.266. The third kappa shape index (κ3) is 6.04. The average Bonchev–Trinajstić information content (AvgIpc) is 2.94. The van der Waals surface area contributed by atoms with Crippen LogP contribution in [-0.4, -0.2) is 42.8 Å². The second-order valence-electron chi connectivity index (χ2n) is 7.88. The summed E-state index contributed by atoms with van der Waals surface area (Å²) in [6.45, 7) is 2.72. The van der Waals surface area contributed by atoms with Gasteiger partial charge >= 0.3 is 6.09 Å². The number of benzene rings is 2. The van der Waals surface area contributed by atoms with Crippen LogP contribution >= 0.6 is 0 Å². The fourth-order valence-corrected chi connectivity index (χ4v) is 4.31. The molecule has 0 aliphatic carbocycles. The van der Waals surface area contributed by atoms with E-state index >= 15 is 0 Å². The smallest absolute Gasteiger partial charge is 0.407 e. The third-order valence-corrected chi connectivity index (χ3v) is 6.02. The molecule has 29 heavy (non-hydrogen) atoms. The molecule has 2 bridgehead atoms. The van der Waals surface area contributed by atoms with Crippen LogP contribution in [-0.2, 0) is 11.2 Å². The van der Waals surface area contributed by atoms with Crippen molar-refractivity contribution in [2.75, 3.05) is 13.6 Å². The van der Waals surface area contributed by atoms with Gasteiger partial charge in [-0.05, 0) is 69.3 Å². The Balaban J connectivity index is 0.000000290. The van der Waals surface area contributed by atoms with Crippen molar-refractivity contribution in [3.05, 3.63) is 71.5 Å². The molecule has 0 saturated carbocycles. The first-order chi connectivity index (χ1) is 14.0. The molecule has 1 amide bonds. The molecule has 3 atom stereocenters. The van der Waals surface area contributed by atoms with Crippen molar-refractivity contribution in [3.63, 3.8) is 0 Å². The van der Waals surface area contributed by atoms with E-state index in [0.29, 0.717) is 18.6 Å². The number of rotatable bonds is 4. The molecule has 0 spiro atoms. The molecule has 4 nitrogen and oxygen atoms in total. The zero-order valence-electron chi connectivity index (χ0n) is 17.3. The number of hydrogen-bond donors (Lipinski definition) is 1. The van der Waals surface area contributed by atoms with Crippen molar-refractivity contribution < 1.29 is 13.9 Å². The Morgan fingerprint density at radius 3 is 2.45 bits per heavy atom. The van der Waals surface area contributed by atoms with Crippen LogP contribution in [0.3, 0.4) is 0 Å². The highest BCUT2D eigenvalue weighted by atomic mass is 19.1. The average molecular weight is 399 g/mol. The monoisotopic (exact) mass is 398 g/mol. The topological polar surface area (TPSA) is 41.6 Å². The molecule has 0 aromatic heterocycles. The van der Waals surface area contributed by atoms with Gasteiger partial charge in [0, 0.05) is 18.6 Å². The van der Waals surface area contributed by atoms with Crippen LogP contribution in [0.4, 0.5) is 9.18 Å². The van der Waals surface area contributed by atoms with E-state index in [-0.39, 0.29) is 18.0 Å². The summed E-state index contributed by atoms with van der Waals surface area (Å²) in [5.74, 6) is -0.178. The Bertz CT molecular complexity index is 783. The van der Waals surface area contributed by atoms with Crippen LogP contribution in [0, 0.1) is 12.7 Å². The molecule has 156 valence electrons. The number of hydrogen-bond acceptors (Lipinski definition) is 3. The van der Waals surface area contributed by atoms with E-state index in [2.05, 4.69) is 36.3 Å². The van der Waals surface area contributed by atoms with Crippen LogP contribution in [0.15, 0.2) is 54.6 Å². The summed E-state index contributed by atoms with van der Waals surface area (Å²) >= 11 is 0. The zero-order valence-corrected chi connectivity index (χ0v) is 17.3. The largest absolute Gasteiger partial charge is 0.445 e. The number of piperidine rings is 1. The number of halogens is 1. The Hall–Kier alpha value is -2.40. The fraction of sp³-hybridized carbons (Fsp3) is 0.458. The Morgan fingerprint density at radius 1 is 1.07 bits per heavy atom. The summed E-state index contributed by atoms with van der Waals surface area (Å²) in [5, 5.41) is 2.90. The van der Waals surface area contributed by atoms with Gasteiger partial charge in [-0.3, -0.25) is 4.90 Å². The third-order valence-electron chi connectivity index (χ3n) is 6.02. The number of aryl methyl sites for hydroxylation is 1. The number of carbonyl (C=O) groups is 1. The molecule has 2 unspecified atom stereocenters. The predicted octanol–water partition coefficient (Wildman–Crippen LogP) is 4.71. The number of carbonyl (C=O) groups excluding carboxylic acids is 1. The lowest BCUT2D eigenvalue weighted by Gasteiger charge is -2.36. The van der Waals surface area contributed by atoms with E-state index < -0.39 is 0 Å². The number of ether oxygens (including phenoxy) is 1. The minimum Gasteiger partial charge on any atom is -0.445 e. The van der Waals surface area contributed by atoms with Gasteiger partial charge in [0.25, 0.3) is 0 Å². The van der Waals surface area contributed by atoms with Crippen LogP contribution in [0.2, 0.25) is 0 Å². The van der Waals surface area contributed by atoms with Gasteiger partial charge in [0.05, 0.1) is 0 Å². The molecule has 2 heterocycles. The van der Waals surface area contributed by atoms with Crippen LogP contribution < -0.4 is 5.32 Å². The highest BCUT2D eigenvalue weighted by Gasteiger charge is 2.41. The summed E-state index contributed by atoms with van der Waals surface area (Å²) in [4.78, 5) is 14.4. The van der Waals surface area contributed by atoms with Gasteiger partial charge in [0.2, 0.25) is 0 Å². The maximum atomic E-state index is 12.0. The normalized spacial score (nSPS) is 23.1. The van der Waals surface area contributed by atoms with E-state index in [1.165, 1.54) is 29.7 Å². The Kier molecular flexibility index (Phi) is 7.64. The molecule has 2 aromatic carbocycles. The molecular weight excluding hydrogens is 367 g/mol. The van der Waals surface area contributed by atoms with Crippen molar-refractivity contribution in [1.82, 2.24) is 10.2 Å². The predicted molar refractivity (Wildman–Crippen MR) is 113 cm³/mol. The molecule has 2 aliphatic heterocycles. The number of nitrogens with zero attached hydrogens (tertiary/aromatic N) is 1. The van der Waals surface area contributed by atoms with Gasteiger partial charge in [-0.2, -0.15) is 0 Å². The number of likely N-dealkylation sites (N-methyl/N-ethyl adjacent to an activating group) is 1. The van der Waals surface area contributed by atoms with E-state index in [9.17, 15) is 9.18 Å². The Labute approximate surface area is 173 Å². The number of nitrogens with one attached hydrogen (secondary N) is 1. The molecule has 0 radical (unpaired) electrons. The molecule has 2 aliphatic rings. The van der Waals surface area contributed by atoms with Crippen molar-refractivity contribution >= 4 is 6.09 Å². The van der Waals surface area contributed by atoms with Crippen molar-refractivity contribution in [1.29, 1.82) is 0 Å². The first-order valence-corrected chi connectivity index (χ1v) is 10.5. The summed E-state index contributed by atoms with van der Waals surface area (Å²) in [6.07, 6.45) is 5.19. The fourth-order valence-electron chi connectivity index (χ4n) is 4.31. The second-order valence-corrected chi connectivity index (χ2v) is 7.88. The zero-order chi connectivity index (χ0) is 20.6. The molecule has 2 aromatic rings. The van der Waals surface area contributed by atoms with Crippen LogP contribution in [0.25, 0.3) is 0 Å². The molecule has 5 heteroatoms. The van der Waals surface area contributed by atoms with E-state index in [1.54, 1.807) is 18.2 Å². The first kappa shape index (κ1) is 21.3. The molecule has 1 N–H and O–H groups in total. The highest BCUT2D eigenvalue weighted by molar-refractivity contribution is 5.67. The van der Waals surface area contributed by atoms with Gasteiger partial charge in [0.1, 0.15) is 11.9 Å². The molecule has 4 rings (SSSR count). The van der Waals surface area contributed by atoms with E-state index in [1.807, 2.05) is 12.1 Å². The molecule has 2 fully saturated rings. The quantitative estimate of drug-likeness (QED) is 0.811. The van der Waals surface area contributed by atoms with Gasteiger partial charge in [0.15, 0.2) is 0 Å². The van der Waals surface area contributed by atoms with Gasteiger partial charge < -0.3 is 10.1 Å². The molecule has 2 saturated heterocycles. The Morgan fingerprint density at radius 2 is 1.76 bits per heavy atom. The van der Waals surface area contributed by atoms with E-state index in [4.69, 9.17) is 4.74 Å². The molecular formula is C24H31FN2O2.